The highest BCUT2D eigenvalue weighted by Crippen LogP contribution is 2.43. The van der Waals surface area contributed by atoms with Gasteiger partial charge in [-0.1, -0.05) is 133 Å². The van der Waals surface area contributed by atoms with Gasteiger partial charge in [0.25, 0.3) is 0 Å². The van der Waals surface area contributed by atoms with Crippen LogP contribution in [0.5, 0.6) is 0 Å². The van der Waals surface area contributed by atoms with Crippen LogP contribution in [0.2, 0.25) is 0 Å². The summed E-state index contributed by atoms with van der Waals surface area (Å²) in [7, 11) is 0. The van der Waals surface area contributed by atoms with Crippen molar-refractivity contribution < 1.29 is 0 Å². The van der Waals surface area contributed by atoms with Crippen LogP contribution in [0.15, 0.2) is 162 Å². The van der Waals surface area contributed by atoms with Crippen LogP contribution in [-0.4, -0.2) is 15.0 Å². The number of benzene rings is 7. The SMILES string of the molecule is c1csc(-c2nc(-c3ccc(-c4cccc5c4ccc4c(-c6cccc7ccccc67)c6ccccc6cc45)cc3)nc(-c3cccs3)n2)c1. The number of rotatable bonds is 5. The molecule has 0 aliphatic rings. The molecule has 0 amide bonds. The third-order valence-corrected chi connectivity index (χ3v) is 11.3. The first kappa shape index (κ1) is 29.0. The van der Waals surface area contributed by atoms with E-state index >= 15 is 0 Å². The fourth-order valence-corrected chi connectivity index (χ4v) is 8.54. The van der Waals surface area contributed by atoms with Crippen LogP contribution >= 0.6 is 22.7 Å². The van der Waals surface area contributed by atoms with Gasteiger partial charge < -0.3 is 0 Å². The Morgan fingerprint density at radius 1 is 0.340 bits per heavy atom. The van der Waals surface area contributed by atoms with Gasteiger partial charge in [-0.2, -0.15) is 0 Å². The van der Waals surface area contributed by atoms with E-state index in [2.05, 4.69) is 150 Å². The molecular formula is C45H27N3S2. The maximum Gasteiger partial charge on any atom is 0.174 e. The van der Waals surface area contributed by atoms with Gasteiger partial charge in [0.1, 0.15) is 0 Å². The molecule has 0 aliphatic heterocycles. The lowest BCUT2D eigenvalue weighted by molar-refractivity contribution is 1.08. The van der Waals surface area contributed by atoms with Gasteiger partial charge in [-0.25, -0.2) is 15.0 Å². The van der Waals surface area contributed by atoms with Gasteiger partial charge in [-0.05, 0) is 94.3 Å². The van der Waals surface area contributed by atoms with Crippen LogP contribution in [-0.2, 0) is 0 Å². The Hall–Kier alpha value is -6.01. The number of hydrogen-bond acceptors (Lipinski definition) is 5. The van der Waals surface area contributed by atoms with E-state index in [4.69, 9.17) is 15.0 Å². The second-order valence-corrected chi connectivity index (χ2v) is 14.3. The summed E-state index contributed by atoms with van der Waals surface area (Å²) < 4.78 is 0. The minimum Gasteiger partial charge on any atom is -0.207 e. The molecule has 0 atom stereocenters. The Morgan fingerprint density at radius 2 is 0.920 bits per heavy atom. The minimum atomic E-state index is 0.676. The van der Waals surface area contributed by atoms with E-state index in [9.17, 15) is 0 Å². The zero-order valence-corrected chi connectivity index (χ0v) is 28.4. The molecule has 3 aromatic heterocycles. The van der Waals surface area contributed by atoms with Crippen LogP contribution in [0.1, 0.15) is 0 Å². The number of aromatic nitrogens is 3. The highest BCUT2D eigenvalue weighted by Gasteiger charge is 2.17. The van der Waals surface area contributed by atoms with Crippen LogP contribution in [0.25, 0.3) is 98.1 Å². The lowest BCUT2D eigenvalue weighted by atomic mass is 9.87. The van der Waals surface area contributed by atoms with Crippen molar-refractivity contribution in [1.82, 2.24) is 15.0 Å². The van der Waals surface area contributed by atoms with Crippen molar-refractivity contribution >= 4 is 65.8 Å². The molecule has 0 saturated heterocycles. The summed E-state index contributed by atoms with van der Waals surface area (Å²) in [6.45, 7) is 0. The predicted molar refractivity (Wildman–Crippen MR) is 213 cm³/mol. The summed E-state index contributed by atoms with van der Waals surface area (Å²) >= 11 is 3.28. The summed E-state index contributed by atoms with van der Waals surface area (Å²) in [5, 5.41) is 14.1. The summed E-state index contributed by atoms with van der Waals surface area (Å²) in [5.74, 6) is 2.08. The molecule has 0 spiro atoms. The molecule has 0 bridgehead atoms. The van der Waals surface area contributed by atoms with Crippen molar-refractivity contribution in [3.05, 3.63) is 162 Å². The third kappa shape index (κ3) is 4.82. The van der Waals surface area contributed by atoms with Gasteiger partial charge in [-0.15, -0.1) is 22.7 Å². The largest absolute Gasteiger partial charge is 0.207 e. The first-order valence-electron chi connectivity index (χ1n) is 16.6. The lowest BCUT2D eigenvalue weighted by Gasteiger charge is -2.17. The molecule has 0 unspecified atom stereocenters. The van der Waals surface area contributed by atoms with E-state index in [1.807, 2.05) is 12.1 Å². The van der Waals surface area contributed by atoms with Crippen LogP contribution in [0.3, 0.4) is 0 Å². The Labute approximate surface area is 296 Å². The Balaban J connectivity index is 1.12. The summed E-state index contributed by atoms with van der Waals surface area (Å²) in [6.07, 6.45) is 0. The number of fused-ring (bicyclic) bond motifs is 5. The van der Waals surface area contributed by atoms with E-state index in [1.165, 1.54) is 59.8 Å². The zero-order chi connectivity index (χ0) is 33.0. The number of nitrogens with zero attached hydrogens (tertiary/aromatic N) is 3. The van der Waals surface area contributed by atoms with Gasteiger partial charge >= 0.3 is 0 Å². The molecular weight excluding hydrogens is 647 g/mol. The molecule has 234 valence electrons. The molecule has 0 aliphatic carbocycles. The topological polar surface area (TPSA) is 38.7 Å². The summed E-state index contributed by atoms with van der Waals surface area (Å²) in [6, 6.07) is 54.6. The maximum atomic E-state index is 4.91. The first-order valence-corrected chi connectivity index (χ1v) is 18.3. The highest BCUT2D eigenvalue weighted by molar-refractivity contribution is 7.13. The van der Waals surface area contributed by atoms with Gasteiger partial charge in [0.05, 0.1) is 9.75 Å². The molecule has 3 nitrogen and oxygen atoms in total. The van der Waals surface area contributed by atoms with E-state index in [1.54, 1.807) is 22.7 Å². The smallest absolute Gasteiger partial charge is 0.174 e. The van der Waals surface area contributed by atoms with Gasteiger partial charge in [-0.3, -0.25) is 0 Å². The average molecular weight is 674 g/mol. The molecule has 5 heteroatoms. The highest BCUT2D eigenvalue weighted by atomic mass is 32.1. The van der Waals surface area contributed by atoms with Crippen molar-refractivity contribution in [3.8, 4) is 55.0 Å². The molecule has 10 rings (SSSR count). The molecule has 7 aromatic carbocycles. The quantitative estimate of drug-likeness (QED) is 0.135. The molecule has 3 heterocycles. The van der Waals surface area contributed by atoms with E-state index in [0.717, 1.165) is 20.9 Å². The van der Waals surface area contributed by atoms with Crippen molar-refractivity contribution in [2.24, 2.45) is 0 Å². The molecule has 0 saturated carbocycles. The molecule has 10 aromatic rings. The standard InChI is InChI=1S/C45H27N3S2/c1-3-12-33-28(9-1)11-5-16-37(33)42-34-13-4-2-10-31(34)27-39-35-15-6-14-32(36(35)23-24-38(39)42)29-19-21-30(22-20-29)43-46-44(40-17-7-25-49-40)48-45(47-43)41-18-8-26-50-41/h1-27H. The second kappa shape index (κ2) is 11.8. The van der Waals surface area contributed by atoms with E-state index in [0.29, 0.717) is 17.5 Å². The zero-order valence-electron chi connectivity index (χ0n) is 26.7. The van der Waals surface area contributed by atoms with E-state index < -0.39 is 0 Å². The molecule has 0 N–H and O–H groups in total. The Morgan fingerprint density at radius 3 is 1.66 bits per heavy atom. The minimum absolute atomic E-state index is 0.676. The Kier molecular flexibility index (Phi) is 6.86. The van der Waals surface area contributed by atoms with Crippen molar-refractivity contribution in [1.29, 1.82) is 0 Å². The Bertz CT molecular complexity index is 2800. The van der Waals surface area contributed by atoms with Crippen LogP contribution in [0.4, 0.5) is 0 Å². The molecule has 50 heavy (non-hydrogen) atoms. The predicted octanol–water partition coefficient (Wildman–Crippen LogP) is 12.9. The maximum absolute atomic E-state index is 4.91. The lowest BCUT2D eigenvalue weighted by Crippen LogP contribution is -1.98. The normalized spacial score (nSPS) is 11.6. The van der Waals surface area contributed by atoms with Gasteiger partial charge in [0.15, 0.2) is 17.5 Å². The van der Waals surface area contributed by atoms with Crippen LogP contribution < -0.4 is 0 Å². The number of thiophene rings is 2. The van der Waals surface area contributed by atoms with Crippen molar-refractivity contribution in [3.63, 3.8) is 0 Å². The van der Waals surface area contributed by atoms with Crippen molar-refractivity contribution in [2.75, 3.05) is 0 Å². The van der Waals surface area contributed by atoms with Gasteiger partial charge in [0.2, 0.25) is 0 Å². The van der Waals surface area contributed by atoms with Crippen molar-refractivity contribution in [2.45, 2.75) is 0 Å². The molecule has 0 fully saturated rings. The van der Waals surface area contributed by atoms with E-state index in [-0.39, 0.29) is 0 Å². The third-order valence-electron chi connectivity index (χ3n) is 9.53. The fourth-order valence-electron chi connectivity index (χ4n) is 7.23. The van der Waals surface area contributed by atoms with Gasteiger partial charge in [0, 0.05) is 5.56 Å². The summed E-state index contributed by atoms with van der Waals surface area (Å²) in [5.41, 5.74) is 5.86. The second-order valence-electron chi connectivity index (χ2n) is 12.4. The number of hydrogen-bond donors (Lipinski definition) is 0. The first-order chi connectivity index (χ1) is 24.8. The monoisotopic (exact) mass is 673 g/mol. The fraction of sp³-hybridized carbons (Fsp3) is 0. The van der Waals surface area contributed by atoms with Crippen LogP contribution in [0, 0.1) is 0 Å². The summed E-state index contributed by atoms with van der Waals surface area (Å²) in [4.78, 5) is 16.7. The molecule has 0 radical (unpaired) electrons. The average Bonchev–Trinajstić information content (AvgIpc) is 3.93.